The second kappa shape index (κ2) is 9.47. The lowest BCUT2D eigenvalue weighted by Crippen LogP contribution is -1.95. The SMILES string of the molecule is c1ccc(-c2cc(-c3ccccc3)nc(-c3nc4cc(-c5ccc6ccc7cccnc7c6n5)ccc4o3)n2)cc1. The predicted octanol–water partition coefficient (Wildman–Crippen LogP) is 8.38. The third kappa shape index (κ3) is 4.19. The van der Waals surface area contributed by atoms with Gasteiger partial charge in [-0.15, -0.1) is 0 Å². The van der Waals surface area contributed by atoms with E-state index in [9.17, 15) is 0 Å². The van der Waals surface area contributed by atoms with Crippen LogP contribution in [0.5, 0.6) is 0 Å². The topological polar surface area (TPSA) is 77.6 Å². The van der Waals surface area contributed by atoms with Crippen LogP contribution in [-0.4, -0.2) is 24.9 Å². The van der Waals surface area contributed by atoms with Gasteiger partial charge < -0.3 is 4.42 Å². The molecule has 41 heavy (non-hydrogen) atoms. The molecule has 0 N–H and O–H groups in total. The van der Waals surface area contributed by atoms with Crippen LogP contribution in [0.2, 0.25) is 0 Å². The van der Waals surface area contributed by atoms with Crippen molar-refractivity contribution in [3.8, 4) is 45.5 Å². The lowest BCUT2D eigenvalue weighted by molar-refractivity contribution is 0.613. The highest BCUT2D eigenvalue weighted by atomic mass is 16.3. The van der Waals surface area contributed by atoms with Gasteiger partial charge in [0.05, 0.1) is 28.1 Å². The zero-order valence-corrected chi connectivity index (χ0v) is 21.8. The Morgan fingerprint density at radius 2 is 1.15 bits per heavy atom. The minimum absolute atomic E-state index is 0.369. The standard InChI is InChI=1S/C35H21N5O/c1-3-8-22(9-4-1)28-21-29(23-10-5-2-6-11-23)39-34(38-28)35-40-30-20-26(16-18-31(30)41-35)27-17-15-25-14-13-24-12-7-19-36-32(24)33(25)37-27/h1-21H. The highest BCUT2D eigenvalue weighted by Gasteiger charge is 2.16. The first-order chi connectivity index (χ1) is 20.3. The van der Waals surface area contributed by atoms with E-state index in [-0.39, 0.29) is 0 Å². The van der Waals surface area contributed by atoms with Gasteiger partial charge in [0, 0.05) is 33.7 Å². The first-order valence-corrected chi connectivity index (χ1v) is 13.3. The van der Waals surface area contributed by atoms with E-state index in [4.69, 9.17) is 24.4 Å². The van der Waals surface area contributed by atoms with Gasteiger partial charge in [-0.05, 0) is 36.4 Å². The van der Waals surface area contributed by atoms with Gasteiger partial charge in [-0.3, -0.25) is 4.98 Å². The van der Waals surface area contributed by atoms with Crippen LogP contribution in [0.25, 0.3) is 78.4 Å². The number of nitrogens with zero attached hydrogens (tertiary/aromatic N) is 5. The molecule has 0 radical (unpaired) electrons. The van der Waals surface area contributed by atoms with Crippen molar-refractivity contribution in [3.05, 3.63) is 128 Å². The predicted molar refractivity (Wildman–Crippen MR) is 162 cm³/mol. The van der Waals surface area contributed by atoms with Crippen molar-refractivity contribution in [2.24, 2.45) is 0 Å². The lowest BCUT2D eigenvalue weighted by atomic mass is 10.1. The van der Waals surface area contributed by atoms with Crippen molar-refractivity contribution in [3.63, 3.8) is 0 Å². The number of hydrogen-bond donors (Lipinski definition) is 0. The Labute approximate surface area is 235 Å². The summed E-state index contributed by atoms with van der Waals surface area (Å²) in [6, 6.07) is 40.3. The summed E-state index contributed by atoms with van der Waals surface area (Å²) in [7, 11) is 0. The summed E-state index contributed by atoms with van der Waals surface area (Å²) in [6.45, 7) is 0. The highest BCUT2D eigenvalue weighted by Crippen LogP contribution is 2.31. The van der Waals surface area contributed by atoms with E-state index in [2.05, 4.69) is 29.2 Å². The van der Waals surface area contributed by atoms with Crippen LogP contribution < -0.4 is 0 Å². The number of benzene rings is 4. The second-order valence-corrected chi connectivity index (χ2v) is 9.80. The molecule has 0 spiro atoms. The summed E-state index contributed by atoms with van der Waals surface area (Å²) in [5.41, 5.74) is 8.52. The van der Waals surface area contributed by atoms with Crippen molar-refractivity contribution in [1.82, 2.24) is 24.9 Å². The zero-order valence-electron chi connectivity index (χ0n) is 21.8. The lowest BCUT2D eigenvalue weighted by Gasteiger charge is -2.07. The van der Waals surface area contributed by atoms with Gasteiger partial charge in [0.1, 0.15) is 5.52 Å². The molecule has 8 rings (SSSR count). The van der Waals surface area contributed by atoms with Gasteiger partial charge in [0.15, 0.2) is 5.58 Å². The molecule has 0 unspecified atom stereocenters. The number of aromatic nitrogens is 5. The van der Waals surface area contributed by atoms with Gasteiger partial charge in [-0.1, -0.05) is 84.9 Å². The Bertz CT molecular complexity index is 2150. The average molecular weight is 528 g/mol. The zero-order chi connectivity index (χ0) is 27.2. The maximum absolute atomic E-state index is 6.19. The third-order valence-electron chi connectivity index (χ3n) is 7.17. The average Bonchev–Trinajstić information content (AvgIpc) is 3.49. The van der Waals surface area contributed by atoms with Crippen LogP contribution in [0.4, 0.5) is 0 Å². The molecule has 192 valence electrons. The van der Waals surface area contributed by atoms with E-state index in [1.54, 1.807) is 6.20 Å². The summed E-state index contributed by atoms with van der Waals surface area (Å²) in [4.78, 5) is 24.1. The fraction of sp³-hybridized carbons (Fsp3) is 0. The largest absolute Gasteiger partial charge is 0.434 e. The monoisotopic (exact) mass is 527 g/mol. The minimum Gasteiger partial charge on any atom is -0.434 e. The Morgan fingerprint density at radius 3 is 1.88 bits per heavy atom. The van der Waals surface area contributed by atoms with Crippen LogP contribution in [0.1, 0.15) is 0 Å². The first kappa shape index (κ1) is 23.2. The fourth-order valence-electron chi connectivity index (χ4n) is 5.12. The van der Waals surface area contributed by atoms with Crippen LogP contribution in [-0.2, 0) is 0 Å². The summed E-state index contributed by atoms with van der Waals surface area (Å²) in [6.07, 6.45) is 1.80. The number of oxazole rings is 1. The summed E-state index contributed by atoms with van der Waals surface area (Å²) < 4.78 is 6.19. The van der Waals surface area contributed by atoms with Crippen molar-refractivity contribution in [2.75, 3.05) is 0 Å². The number of hydrogen-bond acceptors (Lipinski definition) is 6. The maximum atomic E-state index is 6.19. The molecule has 4 heterocycles. The molecular weight excluding hydrogens is 506 g/mol. The van der Waals surface area contributed by atoms with E-state index in [1.165, 1.54) is 0 Å². The van der Waals surface area contributed by atoms with E-state index >= 15 is 0 Å². The van der Waals surface area contributed by atoms with Crippen molar-refractivity contribution in [2.45, 2.75) is 0 Å². The van der Waals surface area contributed by atoms with E-state index in [0.717, 1.165) is 55.6 Å². The quantitative estimate of drug-likeness (QED) is 0.214. The molecule has 4 aromatic heterocycles. The molecule has 0 aliphatic rings. The molecule has 0 saturated heterocycles. The summed E-state index contributed by atoms with van der Waals surface area (Å²) in [5.74, 6) is 0.804. The Kier molecular flexibility index (Phi) is 5.35. The van der Waals surface area contributed by atoms with Crippen LogP contribution in [0.15, 0.2) is 132 Å². The van der Waals surface area contributed by atoms with Crippen molar-refractivity contribution in [1.29, 1.82) is 0 Å². The number of rotatable bonds is 4. The van der Waals surface area contributed by atoms with Crippen LogP contribution >= 0.6 is 0 Å². The molecular formula is C35H21N5O. The number of fused-ring (bicyclic) bond motifs is 4. The van der Waals surface area contributed by atoms with Crippen LogP contribution in [0.3, 0.4) is 0 Å². The second-order valence-electron chi connectivity index (χ2n) is 9.80. The molecule has 0 amide bonds. The Balaban J connectivity index is 1.24. The normalized spacial score (nSPS) is 11.4. The smallest absolute Gasteiger partial charge is 0.266 e. The maximum Gasteiger partial charge on any atom is 0.266 e. The molecule has 0 saturated carbocycles. The van der Waals surface area contributed by atoms with Gasteiger partial charge in [-0.2, -0.15) is 0 Å². The Morgan fingerprint density at radius 1 is 0.463 bits per heavy atom. The first-order valence-electron chi connectivity index (χ1n) is 13.3. The molecule has 0 aliphatic heterocycles. The third-order valence-corrected chi connectivity index (χ3v) is 7.17. The van der Waals surface area contributed by atoms with Gasteiger partial charge in [0.2, 0.25) is 5.82 Å². The van der Waals surface area contributed by atoms with Gasteiger partial charge in [0.25, 0.3) is 5.89 Å². The van der Waals surface area contributed by atoms with E-state index in [1.807, 2.05) is 97.1 Å². The molecule has 0 fully saturated rings. The summed E-state index contributed by atoms with van der Waals surface area (Å²) >= 11 is 0. The number of pyridine rings is 2. The molecule has 0 atom stereocenters. The van der Waals surface area contributed by atoms with E-state index in [0.29, 0.717) is 22.8 Å². The molecule has 6 nitrogen and oxygen atoms in total. The van der Waals surface area contributed by atoms with Gasteiger partial charge in [-0.25, -0.2) is 19.9 Å². The van der Waals surface area contributed by atoms with Crippen molar-refractivity contribution < 1.29 is 4.42 Å². The van der Waals surface area contributed by atoms with E-state index < -0.39 is 0 Å². The minimum atomic E-state index is 0.369. The molecule has 0 bridgehead atoms. The molecule has 8 aromatic rings. The molecule has 4 aromatic carbocycles. The van der Waals surface area contributed by atoms with Crippen molar-refractivity contribution >= 4 is 32.9 Å². The molecule has 6 heteroatoms. The summed E-state index contributed by atoms with van der Waals surface area (Å²) in [5, 5.41) is 2.11. The Hall–Kier alpha value is -5.75. The molecule has 0 aliphatic carbocycles. The fourth-order valence-corrected chi connectivity index (χ4v) is 5.12. The highest BCUT2D eigenvalue weighted by molar-refractivity contribution is 6.03. The van der Waals surface area contributed by atoms with Gasteiger partial charge >= 0.3 is 0 Å². The van der Waals surface area contributed by atoms with Crippen LogP contribution in [0, 0.1) is 0 Å².